The third kappa shape index (κ3) is 2.91. The summed E-state index contributed by atoms with van der Waals surface area (Å²) in [7, 11) is 4.73. The van der Waals surface area contributed by atoms with E-state index < -0.39 is 0 Å². The summed E-state index contributed by atoms with van der Waals surface area (Å²) < 4.78 is 15.5. The molecule has 86 valence electrons. The van der Waals surface area contributed by atoms with Gasteiger partial charge >= 0.3 is 0 Å². The lowest BCUT2D eigenvalue weighted by Crippen LogP contribution is -3.00. The van der Waals surface area contributed by atoms with E-state index >= 15 is 0 Å². The first-order chi connectivity index (χ1) is 6.76. The largest absolute Gasteiger partial charge is 1.00 e. The smallest absolute Gasteiger partial charge is 0.203 e. The van der Waals surface area contributed by atoms with E-state index in [-0.39, 0.29) is 12.4 Å². The summed E-state index contributed by atoms with van der Waals surface area (Å²) in [6.45, 7) is 0.441. The Bertz CT molecular complexity index is 293. The van der Waals surface area contributed by atoms with E-state index in [1.54, 1.807) is 21.3 Å². The highest BCUT2D eigenvalue weighted by Crippen LogP contribution is 2.37. The highest BCUT2D eigenvalue weighted by molar-refractivity contribution is 5.53. The summed E-state index contributed by atoms with van der Waals surface area (Å²) in [5.74, 6) is 1.85. The molecule has 0 aliphatic carbocycles. The fourth-order valence-electron chi connectivity index (χ4n) is 1.25. The first kappa shape index (κ1) is 13.9. The normalized spacial score (nSPS) is 9.07. The number of benzene rings is 1. The quantitative estimate of drug-likeness (QED) is 0.664. The molecule has 1 aromatic rings. The molecule has 15 heavy (non-hydrogen) atoms. The number of rotatable bonds is 4. The molecule has 0 unspecified atom stereocenters. The van der Waals surface area contributed by atoms with Crippen LogP contribution in [0.3, 0.4) is 0 Å². The molecule has 0 saturated carbocycles. The number of nitrogens with two attached hydrogens (primary N) is 1. The van der Waals surface area contributed by atoms with Crippen LogP contribution in [0.1, 0.15) is 5.56 Å². The van der Waals surface area contributed by atoms with Crippen LogP contribution < -0.4 is 32.4 Å². The molecule has 2 N–H and O–H groups in total. The van der Waals surface area contributed by atoms with Gasteiger partial charge in [0.05, 0.1) is 21.3 Å². The van der Waals surface area contributed by atoms with Gasteiger partial charge in [-0.25, -0.2) is 0 Å². The molecule has 1 rings (SSSR count). The second-order valence-corrected chi connectivity index (χ2v) is 2.74. The van der Waals surface area contributed by atoms with Crippen LogP contribution in [0, 0.1) is 0 Å². The van der Waals surface area contributed by atoms with Crippen molar-refractivity contribution in [2.75, 3.05) is 21.3 Å². The number of methoxy groups -OCH3 is 3. The molecule has 0 bridgehead atoms. The zero-order valence-electron chi connectivity index (χ0n) is 9.04. The second-order valence-electron chi connectivity index (χ2n) is 2.74. The summed E-state index contributed by atoms with van der Waals surface area (Å²) >= 11 is 0. The Morgan fingerprint density at radius 2 is 1.47 bits per heavy atom. The van der Waals surface area contributed by atoms with Crippen LogP contribution in [0.25, 0.3) is 0 Å². The maximum atomic E-state index is 5.54. The lowest BCUT2D eigenvalue weighted by atomic mass is 10.2. The average Bonchev–Trinajstić information content (AvgIpc) is 2.26. The minimum atomic E-state index is 0. The molecule has 0 atom stereocenters. The highest BCUT2D eigenvalue weighted by Gasteiger charge is 2.11. The number of halogens is 1. The fourth-order valence-corrected chi connectivity index (χ4v) is 1.25. The molecule has 5 heteroatoms. The molecule has 0 radical (unpaired) electrons. The molecule has 0 aromatic heterocycles. The third-order valence-corrected chi connectivity index (χ3v) is 1.96. The van der Waals surface area contributed by atoms with Crippen LogP contribution >= 0.6 is 0 Å². The summed E-state index contributed by atoms with van der Waals surface area (Å²) in [6, 6.07) is 3.67. The molecule has 1 aromatic carbocycles. The monoisotopic (exact) mass is 232 g/mol. The number of hydrogen-bond donors (Lipinski definition) is 1. The Balaban J connectivity index is 0.00000196. The van der Waals surface area contributed by atoms with E-state index in [1.807, 2.05) is 12.1 Å². The molecule has 0 heterocycles. The second kappa shape index (κ2) is 6.37. The Morgan fingerprint density at radius 1 is 1.00 bits per heavy atom. The molecule has 0 saturated heterocycles. The lowest BCUT2D eigenvalue weighted by molar-refractivity contribution is -0.00000380. The van der Waals surface area contributed by atoms with E-state index in [4.69, 9.17) is 19.9 Å². The van der Waals surface area contributed by atoms with Gasteiger partial charge in [-0.1, -0.05) is 0 Å². The number of hydrogen-bond acceptors (Lipinski definition) is 4. The van der Waals surface area contributed by atoms with Gasteiger partial charge in [-0.3, -0.25) is 0 Å². The van der Waals surface area contributed by atoms with E-state index in [0.29, 0.717) is 23.8 Å². The summed E-state index contributed by atoms with van der Waals surface area (Å²) in [5.41, 5.74) is 6.48. The van der Waals surface area contributed by atoms with Gasteiger partial charge in [0.15, 0.2) is 11.5 Å². The maximum Gasteiger partial charge on any atom is 0.203 e. The molecule has 0 spiro atoms. The van der Waals surface area contributed by atoms with E-state index in [1.165, 1.54) is 0 Å². The molecule has 0 aliphatic rings. The van der Waals surface area contributed by atoms with E-state index in [2.05, 4.69) is 0 Å². The lowest BCUT2D eigenvalue weighted by Gasteiger charge is -2.13. The molecular formula is C10H15ClNO3-. The summed E-state index contributed by atoms with van der Waals surface area (Å²) in [5, 5.41) is 0. The first-order valence-corrected chi connectivity index (χ1v) is 4.25. The highest BCUT2D eigenvalue weighted by atomic mass is 35.5. The van der Waals surface area contributed by atoms with Crippen LogP contribution in [0.5, 0.6) is 17.2 Å². The summed E-state index contributed by atoms with van der Waals surface area (Å²) in [4.78, 5) is 0. The topological polar surface area (TPSA) is 53.7 Å². The van der Waals surface area contributed by atoms with Crippen molar-refractivity contribution in [2.45, 2.75) is 6.54 Å². The zero-order valence-corrected chi connectivity index (χ0v) is 9.80. The van der Waals surface area contributed by atoms with Gasteiger partial charge < -0.3 is 32.4 Å². The van der Waals surface area contributed by atoms with Crippen molar-refractivity contribution >= 4 is 0 Å². The first-order valence-electron chi connectivity index (χ1n) is 4.25. The molecule has 0 fully saturated rings. The van der Waals surface area contributed by atoms with Crippen LogP contribution in [-0.2, 0) is 6.54 Å². The Morgan fingerprint density at radius 3 is 1.73 bits per heavy atom. The van der Waals surface area contributed by atoms with Gasteiger partial charge in [-0.15, -0.1) is 0 Å². The molecular weight excluding hydrogens is 218 g/mol. The Kier molecular flexibility index (Phi) is 5.89. The van der Waals surface area contributed by atoms with Crippen molar-refractivity contribution < 1.29 is 26.6 Å². The average molecular weight is 233 g/mol. The Labute approximate surface area is 95.7 Å². The van der Waals surface area contributed by atoms with Crippen molar-refractivity contribution in [3.63, 3.8) is 0 Å². The van der Waals surface area contributed by atoms with Crippen LogP contribution in [0.15, 0.2) is 12.1 Å². The van der Waals surface area contributed by atoms with Gasteiger partial charge in [0.25, 0.3) is 0 Å². The molecule has 4 nitrogen and oxygen atoms in total. The molecule has 0 amide bonds. The van der Waals surface area contributed by atoms with Crippen molar-refractivity contribution in [1.29, 1.82) is 0 Å². The minimum absolute atomic E-state index is 0. The van der Waals surface area contributed by atoms with Crippen molar-refractivity contribution in [3.05, 3.63) is 17.7 Å². The van der Waals surface area contributed by atoms with Crippen LogP contribution in [-0.4, -0.2) is 21.3 Å². The fraction of sp³-hybridized carbons (Fsp3) is 0.400. The van der Waals surface area contributed by atoms with Gasteiger partial charge in [-0.2, -0.15) is 0 Å². The molecule has 0 aliphatic heterocycles. The van der Waals surface area contributed by atoms with E-state index in [9.17, 15) is 0 Å². The SMILES string of the molecule is COc1cc(CN)cc(OC)c1OC.[Cl-]. The van der Waals surface area contributed by atoms with Crippen LogP contribution in [0.4, 0.5) is 0 Å². The van der Waals surface area contributed by atoms with Gasteiger partial charge in [0.1, 0.15) is 0 Å². The van der Waals surface area contributed by atoms with E-state index in [0.717, 1.165) is 5.56 Å². The summed E-state index contributed by atoms with van der Waals surface area (Å²) in [6.07, 6.45) is 0. The van der Waals surface area contributed by atoms with Crippen molar-refractivity contribution in [3.8, 4) is 17.2 Å². The number of ether oxygens (including phenoxy) is 3. The van der Waals surface area contributed by atoms with Gasteiger partial charge in [0, 0.05) is 6.54 Å². The minimum Gasteiger partial charge on any atom is -1.00 e. The third-order valence-electron chi connectivity index (χ3n) is 1.96. The zero-order chi connectivity index (χ0) is 10.6. The van der Waals surface area contributed by atoms with Crippen molar-refractivity contribution in [1.82, 2.24) is 0 Å². The van der Waals surface area contributed by atoms with Crippen LogP contribution in [0.2, 0.25) is 0 Å². The Hall–Kier alpha value is -1.13. The standard InChI is InChI=1S/C10H15NO3.ClH/c1-12-8-4-7(6-11)5-9(13-2)10(8)14-3;/h4-5H,6,11H2,1-3H3;1H/p-1. The maximum absolute atomic E-state index is 5.54. The van der Waals surface area contributed by atoms with Gasteiger partial charge in [-0.05, 0) is 17.7 Å². The predicted molar refractivity (Wildman–Crippen MR) is 54.0 cm³/mol. The predicted octanol–water partition coefficient (Wildman–Crippen LogP) is -1.82. The van der Waals surface area contributed by atoms with Crippen molar-refractivity contribution in [2.24, 2.45) is 5.73 Å². The van der Waals surface area contributed by atoms with Gasteiger partial charge in [0.2, 0.25) is 5.75 Å².